The van der Waals surface area contributed by atoms with Crippen molar-refractivity contribution in [3.8, 4) is 11.5 Å². The molecule has 8 heteroatoms. The average Bonchev–Trinajstić information content (AvgIpc) is 3.11. The lowest BCUT2D eigenvalue weighted by atomic mass is 10.3. The number of nitrogens with one attached hydrogen (secondary N) is 2. The Balaban J connectivity index is 1.60. The van der Waals surface area contributed by atoms with Gasteiger partial charge in [0.05, 0.1) is 23.3 Å². The largest absolute Gasteiger partial charge is 0.485 e. The average molecular weight is 308 g/mol. The van der Waals surface area contributed by atoms with Crippen LogP contribution in [-0.4, -0.2) is 35.9 Å². The highest BCUT2D eigenvalue weighted by molar-refractivity contribution is 7.10. The van der Waals surface area contributed by atoms with E-state index in [0.29, 0.717) is 19.8 Å². The van der Waals surface area contributed by atoms with Gasteiger partial charge >= 0.3 is 0 Å². The summed E-state index contributed by atoms with van der Waals surface area (Å²) in [5.74, 6) is 1.57. The fraction of sp³-hybridized carbons (Fsp3) is 0.385. The number of carbonyl (C=O) groups excluding carboxylic acids is 1. The van der Waals surface area contributed by atoms with E-state index >= 15 is 0 Å². The van der Waals surface area contributed by atoms with Gasteiger partial charge in [0.1, 0.15) is 19.8 Å². The minimum Gasteiger partial charge on any atom is -0.485 e. The van der Waals surface area contributed by atoms with Crippen molar-refractivity contribution < 1.29 is 14.3 Å². The first-order valence-corrected chi connectivity index (χ1v) is 7.47. The van der Waals surface area contributed by atoms with Gasteiger partial charge in [-0.25, -0.2) is 0 Å². The normalized spacial score (nSPS) is 13.0. The number of carbonyl (C=O) groups is 1. The van der Waals surface area contributed by atoms with Crippen LogP contribution in [0.1, 0.15) is 4.88 Å². The van der Waals surface area contributed by atoms with Crippen molar-refractivity contribution in [3.05, 3.63) is 22.7 Å². The first-order valence-electron chi connectivity index (χ1n) is 6.59. The monoisotopic (exact) mass is 308 g/mol. The van der Waals surface area contributed by atoms with Crippen molar-refractivity contribution in [2.75, 3.05) is 25.6 Å². The number of aromatic nitrogens is 2. The number of ether oxygens (including phenoxy) is 2. The second-order valence-corrected chi connectivity index (χ2v) is 5.47. The molecule has 0 saturated carbocycles. The van der Waals surface area contributed by atoms with Gasteiger partial charge in [-0.3, -0.25) is 9.48 Å². The van der Waals surface area contributed by atoms with Crippen LogP contribution in [0.25, 0.3) is 0 Å². The van der Waals surface area contributed by atoms with E-state index in [1.54, 1.807) is 35.5 Å². The number of hydrogen-bond donors (Lipinski definition) is 2. The molecule has 1 amide bonds. The predicted molar refractivity (Wildman–Crippen MR) is 78.9 cm³/mol. The van der Waals surface area contributed by atoms with Crippen molar-refractivity contribution in [1.29, 1.82) is 0 Å². The maximum atomic E-state index is 11.3. The number of likely N-dealkylation sites (N-methyl/N-ethyl adjacent to an activating group) is 1. The van der Waals surface area contributed by atoms with E-state index in [-0.39, 0.29) is 12.5 Å². The van der Waals surface area contributed by atoms with Crippen molar-refractivity contribution >= 4 is 22.9 Å². The molecule has 0 bridgehead atoms. The molecule has 0 saturated heterocycles. The first-order chi connectivity index (χ1) is 10.3. The van der Waals surface area contributed by atoms with E-state index in [9.17, 15) is 4.79 Å². The number of nitrogens with zero attached hydrogens (tertiary/aromatic N) is 2. The molecule has 7 nitrogen and oxygen atoms in total. The predicted octanol–water partition coefficient (Wildman–Crippen LogP) is 1.07. The molecule has 21 heavy (non-hydrogen) atoms. The zero-order valence-electron chi connectivity index (χ0n) is 11.6. The van der Waals surface area contributed by atoms with Crippen LogP contribution in [0.3, 0.4) is 0 Å². The van der Waals surface area contributed by atoms with Gasteiger partial charge < -0.3 is 20.1 Å². The van der Waals surface area contributed by atoms with E-state index in [1.165, 1.54) is 0 Å². The van der Waals surface area contributed by atoms with Crippen LogP contribution in [0.4, 0.5) is 5.69 Å². The maximum Gasteiger partial charge on any atom is 0.241 e. The lowest BCUT2D eigenvalue weighted by Gasteiger charge is -2.16. The summed E-state index contributed by atoms with van der Waals surface area (Å²) >= 11 is 1.60. The summed E-state index contributed by atoms with van der Waals surface area (Å²) in [7, 11) is 1.60. The van der Waals surface area contributed by atoms with Gasteiger partial charge in [0.2, 0.25) is 5.91 Å². The van der Waals surface area contributed by atoms with E-state index in [0.717, 1.165) is 22.1 Å². The fourth-order valence-electron chi connectivity index (χ4n) is 1.99. The number of fused-ring (bicyclic) bond motifs is 1. The van der Waals surface area contributed by atoms with E-state index in [4.69, 9.17) is 9.47 Å². The SMILES string of the molecule is CNC(=O)Cn1cc(NCc2scc3c2OCCO3)cn1. The molecule has 0 aliphatic carbocycles. The van der Waals surface area contributed by atoms with Gasteiger partial charge in [0, 0.05) is 18.6 Å². The minimum absolute atomic E-state index is 0.0810. The van der Waals surface area contributed by atoms with E-state index in [2.05, 4.69) is 15.7 Å². The van der Waals surface area contributed by atoms with Crippen LogP contribution in [0.5, 0.6) is 11.5 Å². The highest BCUT2D eigenvalue weighted by Gasteiger charge is 2.18. The molecule has 2 N–H and O–H groups in total. The third-order valence-electron chi connectivity index (χ3n) is 3.04. The molecule has 0 spiro atoms. The number of anilines is 1. The van der Waals surface area contributed by atoms with E-state index < -0.39 is 0 Å². The van der Waals surface area contributed by atoms with Gasteiger partial charge in [-0.15, -0.1) is 11.3 Å². The highest BCUT2D eigenvalue weighted by atomic mass is 32.1. The first kappa shape index (κ1) is 13.7. The van der Waals surface area contributed by atoms with Crippen LogP contribution in [0.2, 0.25) is 0 Å². The standard InChI is InChI=1S/C13H16N4O3S/c1-14-12(18)7-17-6-9(4-16-17)15-5-11-13-10(8-21-11)19-2-3-20-13/h4,6,8,15H,2-3,5,7H2,1H3,(H,14,18). The van der Waals surface area contributed by atoms with Crippen molar-refractivity contribution in [2.24, 2.45) is 0 Å². The van der Waals surface area contributed by atoms with Crippen molar-refractivity contribution in [3.63, 3.8) is 0 Å². The topological polar surface area (TPSA) is 77.4 Å². The Kier molecular flexibility index (Phi) is 3.96. The molecular weight excluding hydrogens is 292 g/mol. The molecule has 3 rings (SSSR count). The second kappa shape index (κ2) is 6.04. The number of thiophene rings is 1. The van der Waals surface area contributed by atoms with Crippen LogP contribution in [-0.2, 0) is 17.9 Å². The lowest BCUT2D eigenvalue weighted by Crippen LogP contribution is -2.23. The van der Waals surface area contributed by atoms with Crippen LogP contribution in [0.15, 0.2) is 17.8 Å². The molecule has 0 aromatic carbocycles. The number of rotatable bonds is 5. The number of amides is 1. The lowest BCUT2D eigenvalue weighted by molar-refractivity contribution is -0.121. The zero-order valence-corrected chi connectivity index (χ0v) is 12.4. The van der Waals surface area contributed by atoms with Gasteiger partial charge in [0.25, 0.3) is 0 Å². The highest BCUT2D eigenvalue weighted by Crippen LogP contribution is 2.39. The van der Waals surface area contributed by atoms with Gasteiger partial charge in [-0.05, 0) is 0 Å². The van der Waals surface area contributed by atoms with Gasteiger partial charge in [-0.2, -0.15) is 5.10 Å². The van der Waals surface area contributed by atoms with Gasteiger partial charge in [0.15, 0.2) is 11.5 Å². The summed E-state index contributed by atoms with van der Waals surface area (Å²) in [5.41, 5.74) is 0.859. The molecule has 0 radical (unpaired) electrons. The molecule has 3 heterocycles. The Hall–Kier alpha value is -2.22. The quantitative estimate of drug-likeness (QED) is 0.864. The van der Waals surface area contributed by atoms with Crippen LogP contribution >= 0.6 is 11.3 Å². The molecule has 0 unspecified atom stereocenters. The van der Waals surface area contributed by atoms with Crippen LogP contribution in [0, 0.1) is 0 Å². The molecule has 2 aromatic rings. The third-order valence-corrected chi connectivity index (χ3v) is 3.99. The van der Waals surface area contributed by atoms with Crippen molar-refractivity contribution in [1.82, 2.24) is 15.1 Å². The van der Waals surface area contributed by atoms with E-state index in [1.807, 2.05) is 5.38 Å². The Bertz CT molecular complexity index is 637. The Morgan fingerprint density at radius 3 is 3.19 bits per heavy atom. The minimum atomic E-state index is -0.0810. The Morgan fingerprint density at radius 1 is 1.48 bits per heavy atom. The summed E-state index contributed by atoms with van der Waals surface area (Å²) in [5, 5.41) is 11.9. The third kappa shape index (κ3) is 3.10. The Labute approximate surface area is 125 Å². The fourth-order valence-corrected chi connectivity index (χ4v) is 2.83. The summed E-state index contributed by atoms with van der Waals surface area (Å²) in [6, 6.07) is 0. The molecule has 112 valence electrons. The second-order valence-electron chi connectivity index (χ2n) is 4.50. The van der Waals surface area contributed by atoms with Gasteiger partial charge in [-0.1, -0.05) is 0 Å². The molecule has 0 atom stereocenters. The van der Waals surface area contributed by atoms with Crippen LogP contribution < -0.4 is 20.1 Å². The summed E-state index contributed by atoms with van der Waals surface area (Å²) in [6.45, 7) is 2.03. The molecular formula is C13H16N4O3S. The summed E-state index contributed by atoms with van der Waals surface area (Å²) < 4.78 is 12.7. The molecule has 0 fully saturated rings. The molecule has 1 aliphatic heterocycles. The summed E-state index contributed by atoms with van der Waals surface area (Å²) in [6.07, 6.45) is 3.49. The maximum absolute atomic E-state index is 11.3. The Morgan fingerprint density at radius 2 is 2.33 bits per heavy atom. The number of hydrogen-bond acceptors (Lipinski definition) is 6. The molecule has 2 aromatic heterocycles. The smallest absolute Gasteiger partial charge is 0.241 e. The van der Waals surface area contributed by atoms with Crippen molar-refractivity contribution in [2.45, 2.75) is 13.1 Å². The molecule has 1 aliphatic rings. The zero-order chi connectivity index (χ0) is 14.7. The summed E-state index contributed by atoms with van der Waals surface area (Å²) in [4.78, 5) is 12.4.